The van der Waals surface area contributed by atoms with E-state index in [2.05, 4.69) is 11.8 Å². The molecule has 0 fully saturated rings. The molecule has 1 unspecified atom stereocenters. The SMILES string of the molecule is CN(C)C(=O)C(C#Cc1ccccc1)CC(F)(F)F. The third kappa shape index (κ3) is 5.47. The van der Waals surface area contributed by atoms with Gasteiger partial charge in [0.1, 0.15) is 5.92 Å². The molecule has 0 radical (unpaired) electrons. The highest BCUT2D eigenvalue weighted by molar-refractivity contribution is 5.81. The molecule has 1 atom stereocenters. The Balaban J connectivity index is 2.93. The molecule has 0 aromatic heterocycles. The van der Waals surface area contributed by atoms with Crippen molar-refractivity contribution < 1.29 is 18.0 Å². The number of halogens is 3. The number of nitrogens with zero attached hydrogens (tertiary/aromatic N) is 1. The number of carbonyl (C=O) groups excluding carboxylic acids is 1. The third-order valence-electron chi connectivity index (χ3n) is 2.34. The van der Waals surface area contributed by atoms with Crippen LogP contribution in [0.4, 0.5) is 13.2 Å². The average molecular weight is 269 g/mol. The van der Waals surface area contributed by atoms with Gasteiger partial charge in [0.25, 0.3) is 0 Å². The number of benzene rings is 1. The zero-order valence-corrected chi connectivity index (χ0v) is 10.7. The summed E-state index contributed by atoms with van der Waals surface area (Å²) in [5.41, 5.74) is 0.584. The molecule has 0 saturated heterocycles. The molecule has 1 amide bonds. The molecule has 1 aromatic carbocycles. The van der Waals surface area contributed by atoms with Gasteiger partial charge in [-0.15, -0.1) is 0 Å². The van der Waals surface area contributed by atoms with Crippen LogP contribution >= 0.6 is 0 Å². The Labute approximate surface area is 110 Å². The molecule has 0 aliphatic rings. The van der Waals surface area contributed by atoms with Gasteiger partial charge in [0, 0.05) is 19.7 Å². The lowest BCUT2D eigenvalue weighted by molar-refractivity contribution is -0.153. The molecule has 5 heteroatoms. The Hall–Kier alpha value is -1.96. The van der Waals surface area contributed by atoms with Gasteiger partial charge in [0.2, 0.25) is 5.91 Å². The number of hydrogen-bond acceptors (Lipinski definition) is 1. The Kier molecular flexibility index (Phi) is 4.99. The summed E-state index contributed by atoms with van der Waals surface area (Å²) >= 11 is 0. The van der Waals surface area contributed by atoms with Crippen molar-refractivity contribution in [1.82, 2.24) is 4.90 Å². The molecule has 1 rings (SSSR count). The minimum atomic E-state index is -4.41. The molecular weight excluding hydrogens is 255 g/mol. The smallest absolute Gasteiger partial charge is 0.348 e. The van der Waals surface area contributed by atoms with E-state index >= 15 is 0 Å². The average Bonchev–Trinajstić information content (AvgIpc) is 2.33. The lowest BCUT2D eigenvalue weighted by atomic mass is 10.0. The lowest BCUT2D eigenvalue weighted by Gasteiger charge is -2.17. The predicted octanol–water partition coefficient (Wildman–Crippen LogP) is 2.69. The van der Waals surface area contributed by atoms with Crippen molar-refractivity contribution in [3.63, 3.8) is 0 Å². The molecule has 0 saturated carbocycles. The highest BCUT2D eigenvalue weighted by atomic mass is 19.4. The maximum absolute atomic E-state index is 12.4. The highest BCUT2D eigenvalue weighted by Gasteiger charge is 2.35. The summed E-state index contributed by atoms with van der Waals surface area (Å²) in [5, 5.41) is 0. The van der Waals surface area contributed by atoms with E-state index in [9.17, 15) is 18.0 Å². The van der Waals surface area contributed by atoms with Gasteiger partial charge < -0.3 is 4.90 Å². The van der Waals surface area contributed by atoms with Crippen molar-refractivity contribution in [1.29, 1.82) is 0 Å². The minimum Gasteiger partial charge on any atom is -0.348 e. The van der Waals surface area contributed by atoms with Gasteiger partial charge in [-0.05, 0) is 12.1 Å². The molecule has 2 nitrogen and oxygen atoms in total. The van der Waals surface area contributed by atoms with Crippen molar-refractivity contribution in [2.24, 2.45) is 5.92 Å². The molecule has 19 heavy (non-hydrogen) atoms. The van der Waals surface area contributed by atoms with Gasteiger partial charge >= 0.3 is 6.18 Å². The van der Waals surface area contributed by atoms with Crippen LogP contribution in [0.5, 0.6) is 0 Å². The predicted molar refractivity (Wildman–Crippen MR) is 66.2 cm³/mol. The summed E-state index contributed by atoms with van der Waals surface area (Å²) in [6.07, 6.45) is -5.65. The maximum Gasteiger partial charge on any atom is 0.390 e. The first-order chi connectivity index (χ1) is 8.79. The van der Waals surface area contributed by atoms with Crippen LogP contribution in [-0.4, -0.2) is 31.1 Å². The Bertz CT molecular complexity index is 483. The van der Waals surface area contributed by atoms with E-state index in [0.29, 0.717) is 5.56 Å². The maximum atomic E-state index is 12.4. The quantitative estimate of drug-likeness (QED) is 0.756. The number of amides is 1. The minimum absolute atomic E-state index is 0.584. The van der Waals surface area contributed by atoms with E-state index in [1.807, 2.05) is 0 Å². The lowest BCUT2D eigenvalue weighted by Crippen LogP contribution is -2.31. The van der Waals surface area contributed by atoms with E-state index in [4.69, 9.17) is 0 Å². The van der Waals surface area contributed by atoms with Crippen LogP contribution in [0.3, 0.4) is 0 Å². The molecule has 0 heterocycles. The van der Waals surface area contributed by atoms with Crippen LogP contribution in [0.2, 0.25) is 0 Å². The first-order valence-corrected chi connectivity index (χ1v) is 5.64. The molecule has 0 aliphatic carbocycles. The van der Waals surface area contributed by atoms with E-state index < -0.39 is 24.4 Å². The van der Waals surface area contributed by atoms with Gasteiger partial charge in [-0.2, -0.15) is 13.2 Å². The normalized spacial score (nSPS) is 12.3. The van der Waals surface area contributed by atoms with Gasteiger partial charge in [0.15, 0.2) is 0 Å². The Morgan fingerprint density at radius 3 is 2.32 bits per heavy atom. The van der Waals surface area contributed by atoms with E-state index in [0.717, 1.165) is 4.90 Å². The summed E-state index contributed by atoms with van der Waals surface area (Å²) in [6.45, 7) is 0. The second-order valence-electron chi connectivity index (χ2n) is 4.24. The second-order valence-corrected chi connectivity index (χ2v) is 4.24. The van der Waals surface area contributed by atoms with Crippen LogP contribution in [0.25, 0.3) is 0 Å². The first-order valence-electron chi connectivity index (χ1n) is 5.64. The monoisotopic (exact) mass is 269 g/mol. The summed E-state index contributed by atoms with van der Waals surface area (Å²) in [6, 6.07) is 8.60. The van der Waals surface area contributed by atoms with E-state index in [-0.39, 0.29) is 0 Å². The van der Waals surface area contributed by atoms with E-state index in [1.54, 1.807) is 30.3 Å². The van der Waals surface area contributed by atoms with Gasteiger partial charge in [-0.3, -0.25) is 4.79 Å². The molecule has 0 N–H and O–H groups in total. The zero-order chi connectivity index (χ0) is 14.5. The number of alkyl halides is 3. The van der Waals surface area contributed by atoms with Crippen LogP contribution < -0.4 is 0 Å². The van der Waals surface area contributed by atoms with Crippen molar-refractivity contribution in [2.75, 3.05) is 14.1 Å². The number of hydrogen-bond donors (Lipinski definition) is 0. The summed E-state index contributed by atoms with van der Waals surface area (Å²) in [5.74, 6) is 3.01. The van der Waals surface area contributed by atoms with Crippen molar-refractivity contribution in [3.05, 3.63) is 35.9 Å². The number of rotatable bonds is 2. The summed E-state index contributed by atoms with van der Waals surface area (Å²) < 4.78 is 37.3. The van der Waals surface area contributed by atoms with Gasteiger partial charge in [-0.25, -0.2) is 0 Å². The van der Waals surface area contributed by atoms with Gasteiger partial charge in [-0.1, -0.05) is 30.0 Å². The highest BCUT2D eigenvalue weighted by Crippen LogP contribution is 2.25. The molecular formula is C14H14F3NO. The van der Waals surface area contributed by atoms with Crippen LogP contribution in [-0.2, 0) is 4.79 Å². The molecule has 0 aliphatic heterocycles. The molecule has 102 valence electrons. The topological polar surface area (TPSA) is 20.3 Å². The largest absolute Gasteiger partial charge is 0.390 e. The standard InChI is InChI=1S/C14H14F3NO/c1-18(2)13(19)12(10-14(15,16)17)9-8-11-6-4-3-5-7-11/h3-7,12H,10H2,1-2H3. The summed E-state index contributed by atoms with van der Waals surface area (Å²) in [4.78, 5) is 12.8. The molecule has 0 bridgehead atoms. The van der Waals surface area contributed by atoms with Crippen LogP contribution in [0.1, 0.15) is 12.0 Å². The fourth-order valence-electron chi connectivity index (χ4n) is 1.44. The Morgan fingerprint density at radius 2 is 1.84 bits per heavy atom. The van der Waals surface area contributed by atoms with Crippen molar-refractivity contribution in [2.45, 2.75) is 12.6 Å². The van der Waals surface area contributed by atoms with Crippen LogP contribution in [0, 0.1) is 17.8 Å². The first kappa shape index (κ1) is 15.1. The second kappa shape index (κ2) is 6.28. The van der Waals surface area contributed by atoms with Crippen molar-refractivity contribution in [3.8, 4) is 11.8 Å². The summed E-state index contributed by atoms with van der Waals surface area (Å²) in [7, 11) is 2.83. The van der Waals surface area contributed by atoms with Crippen molar-refractivity contribution >= 4 is 5.91 Å². The zero-order valence-electron chi connectivity index (χ0n) is 10.7. The molecule has 0 spiro atoms. The molecule has 1 aromatic rings. The third-order valence-corrected chi connectivity index (χ3v) is 2.34. The number of carbonyl (C=O) groups is 1. The van der Waals surface area contributed by atoms with Gasteiger partial charge in [0.05, 0.1) is 6.42 Å². The van der Waals surface area contributed by atoms with Crippen LogP contribution in [0.15, 0.2) is 30.3 Å². The fourth-order valence-corrected chi connectivity index (χ4v) is 1.44. The Morgan fingerprint density at radius 1 is 1.26 bits per heavy atom. The van der Waals surface area contributed by atoms with E-state index in [1.165, 1.54) is 14.1 Å². The fraction of sp³-hybridized carbons (Fsp3) is 0.357.